The van der Waals surface area contributed by atoms with E-state index in [-0.39, 0.29) is 10.6 Å². The van der Waals surface area contributed by atoms with E-state index in [0.717, 1.165) is 15.4 Å². The Bertz CT molecular complexity index is 939. The molecule has 0 saturated carbocycles. The highest BCUT2D eigenvalue weighted by Crippen LogP contribution is 2.33. The van der Waals surface area contributed by atoms with Crippen LogP contribution in [0.15, 0.2) is 41.3 Å². The molecule has 146 valence electrons. The molecule has 0 saturated heterocycles. The van der Waals surface area contributed by atoms with Crippen molar-refractivity contribution in [2.75, 3.05) is 32.2 Å². The summed E-state index contributed by atoms with van der Waals surface area (Å²) in [5.41, 5.74) is 2.11. The van der Waals surface area contributed by atoms with Crippen molar-refractivity contribution in [3.63, 3.8) is 0 Å². The summed E-state index contributed by atoms with van der Waals surface area (Å²) in [6, 6.07) is 9.59. The van der Waals surface area contributed by atoms with Crippen LogP contribution in [-0.4, -0.2) is 42.3 Å². The summed E-state index contributed by atoms with van der Waals surface area (Å²) in [5, 5.41) is 0. The molecule has 0 heterocycles. The number of sulfonamides is 1. The first kappa shape index (κ1) is 20.6. The lowest BCUT2D eigenvalue weighted by Gasteiger charge is -2.25. The van der Waals surface area contributed by atoms with Crippen LogP contribution < -0.4 is 13.8 Å². The molecule has 8 heteroatoms. The Balaban J connectivity index is 2.61. The van der Waals surface area contributed by atoms with Crippen molar-refractivity contribution < 1.29 is 27.4 Å². The second-order valence-electron chi connectivity index (χ2n) is 5.89. The number of ether oxygens (including phenoxy) is 3. The van der Waals surface area contributed by atoms with Gasteiger partial charge in [0, 0.05) is 6.07 Å². The molecule has 0 unspecified atom stereocenters. The number of hydrogen-bond donors (Lipinski definition) is 0. The van der Waals surface area contributed by atoms with Gasteiger partial charge in [-0.2, -0.15) is 0 Å². The van der Waals surface area contributed by atoms with Crippen LogP contribution in [0.2, 0.25) is 0 Å². The predicted octanol–water partition coefficient (Wildman–Crippen LogP) is 2.69. The highest BCUT2D eigenvalue weighted by molar-refractivity contribution is 7.92. The average molecular weight is 393 g/mol. The second-order valence-corrected chi connectivity index (χ2v) is 7.76. The lowest BCUT2D eigenvalue weighted by Crippen LogP contribution is -2.36. The quantitative estimate of drug-likeness (QED) is 0.673. The Morgan fingerprint density at radius 1 is 0.963 bits per heavy atom. The van der Waals surface area contributed by atoms with Crippen LogP contribution in [0.1, 0.15) is 11.1 Å². The summed E-state index contributed by atoms with van der Waals surface area (Å²) < 4.78 is 42.7. The molecule has 7 nitrogen and oxygen atoms in total. The van der Waals surface area contributed by atoms with E-state index in [2.05, 4.69) is 4.74 Å². The van der Waals surface area contributed by atoms with Gasteiger partial charge in [-0.15, -0.1) is 0 Å². The third-order valence-corrected chi connectivity index (χ3v) is 5.82. The molecule has 27 heavy (non-hydrogen) atoms. The number of nitrogens with zero attached hydrogens (tertiary/aromatic N) is 1. The second kappa shape index (κ2) is 8.30. The summed E-state index contributed by atoms with van der Waals surface area (Å²) in [4.78, 5) is 11.9. The van der Waals surface area contributed by atoms with Crippen LogP contribution in [0.4, 0.5) is 5.69 Å². The van der Waals surface area contributed by atoms with Gasteiger partial charge in [0.25, 0.3) is 10.0 Å². The van der Waals surface area contributed by atoms with Crippen molar-refractivity contribution in [2.24, 2.45) is 0 Å². The minimum absolute atomic E-state index is 0.0240. The Labute approximate surface area is 159 Å². The minimum Gasteiger partial charge on any atom is -0.493 e. The summed E-state index contributed by atoms with van der Waals surface area (Å²) in [5.74, 6) is 0.0127. The van der Waals surface area contributed by atoms with E-state index >= 15 is 0 Å². The van der Waals surface area contributed by atoms with Crippen molar-refractivity contribution in [1.29, 1.82) is 0 Å². The number of benzene rings is 2. The molecule has 0 spiro atoms. The molecule has 0 bridgehead atoms. The topological polar surface area (TPSA) is 82.1 Å². The molecule has 0 aliphatic heterocycles. The predicted molar refractivity (Wildman–Crippen MR) is 102 cm³/mol. The third kappa shape index (κ3) is 4.33. The summed E-state index contributed by atoms with van der Waals surface area (Å²) in [6.07, 6.45) is 0. The summed E-state index contributed by atoms with van der Waals surface area (Å²) in [6.45, 7) is 3.25. The van der Waals surface area contributed by atoms with Crippen LogP contribution in [-0.2, 0) is 19.6 Å². The number of aryl methyl sites for hydroxylation is 2. The van der Waals surface area contributed by atoms with Crippen LogP contribution in [0.5, 0.6) is 11.5 Å². The number of esters is 1. The fourth-order valence-corrected chi connectivity index (χ4v) is 4.16. The van der Waals surface area contributed by atoms with Gasteiger partial charge >= 0.3 is 5.97 Å². The van der Waals surface area contributed by atoms with Crippen molar-refractivity contribution in [2.45, 2.75) is 18.7 Å². The van der Waals surface area contributed by atoms with Crippen LogP contribution in [0.3, 0.4) is 0 Å². The molecule has 0 amide bonds. The van der Waals surface area contributed by atoms with Gasteiger partial charge in [-0.25, -0.2) is 8.42 Å². The van der Waals surface area contributed by atoms with Gasteiger partial charge in [0.1, 0.15) is 6.54 Å². The van der Waals surface area contributed by atoms with E-state index in [1.165, 1.54) is 39.5 Å². The first-order valence-electron chi connectivity index (χ1n) is 8.13. The molecule has 2 aromatic rings. The van der Waals surface area contributed by atoms with Crippen LogP contribution in [0.25, 0.3) is 0 Å². The fraction of sp³-hybridized carbons (Fsp3) is 0.316. The molecule has 0 radical (unpaired) electrons. The zero-order valence-electron chi connectivity index (χ0n) is 16.0. The standard InChI is InChI=1S/C19H23NO6S/c1-13-6-8-16(14(2)10-13)20(12-19(21)26-5)27(22,23)15-7-9-17(24-3)18(11-15)25-4/h6-11H,12H2,1-5H3. The number of anilines is 1. The number of methoxy groups -OCH3 is 3. The minimum atomic E-state index is -4.06. The van der Waals surface area contributed by atoms with E-state index in [0.29, 0.717) is 11.4 Å². The van der Waals surface area contributed by atoms with Crippen molar-refractivity contribution >= 4 is 21.7 Å². The molecule has 0 aliphatic carbocycles. The summed E-state index contributed by atoms with van der Waals surface area (Å²) >= 11 is 0. The Kier molecular flexibility index (Phi) is 6.32. The van der Waals surface area contributed by atoms with E-state index in [4.69, 9.17) is 9.47 Å². The largest absolute Gasteiger partial charge is 0.493 e. The van der Waals surface area contributed by atoms with E-state index in [1.807, 2.05) is 13.0 Å². The lowest BCUT2D eigenvalue weighted by molar-refractivity contribution is -0.138. The SMILES string of the molecule is COC(=O)CN(c1ccc(C)cc1C)S(=O)(=O)c1ccc(OC)c(OC)c1. The molecular weight excluding hydrogens is 370 g/mol. The van der Waals surface area contributed by atoms with E-state index < -0.39 is 22.5 Å². The maximum atomic E-state index is 13.3. The van der Waals surface area contributed by atoms with Gasteiger partial charge in [-0.05, 0) is 37.6 Å². The molecule has 2 aromatic carbocycles. The highest BCUT2D eigenvalue weighted by atomic mass is 32.2. The van der Waals surface area contributed by atoms with Crippen LogP contribution >= 0.6 is 0 Å². The van der Waals surface area contributed by atoms with Gasteiger partial charge in [-0.1, -0.05) is 17.7 Å². The zero-order chi connectivity index (χ0) is 20.2. The Hall–Kier alpha value is -2.74. The molecule has 0 aromatic heterocycles. The smallest absolute Gasteiger partial charge is 0.326 e. The monoisotopic (exact) mass is 393 g/mol. The average Bonchev–Trinajstić information content (AvgIpc) is 2.65. The first-order chi connectivity index (χ1) is 12.7. The maximum absolute atomic E-state index is 13.3. The molecule has 0 atom stereocenters. The third-order valence-electron chi connectivity index (χ3n) is 4.06. The van der Waals surface area contributed by atoms with E-state index in [1.54, 1.807) is 19.1 Å². The Morgan fingerprint density at radius 3 is 2.19 bits per heavy atom. The van der Waals surface area contributed by atoms with Gasteiger partial charge in [0.05, 0.1) is 31.9 Å². The van der Waals surface area contributed by atoms with Crippen molar-refractivity contribution in [3.05, 3.63) is 47.5 Å². The fourth-order valence-electron chi connectivity index (χ4n) is 2.67. The van der Waals surface area contributed by atoms with Crippen LogP contribution in [0, 0.1) is 13.8 Å². The Morgan fingerprint density at radius 2 is 1.63 bits per heavy atom. The highest BCUT2D eigenvalue weighted by Gasteiger charge is 2.29. The lowest BCUT2D eigenvalue weighted by atomic mass is 10.1. The number of rotatable bonds is 7. The molecule has 0 N–H and O–H groups in total. The normalized spacial score (nSPS) is 11.0. The zero-order valence-corrected chi connectivity index (χ0v) is 16.8. The number of carbonyl (C=O) groups is 1. The van der Waals surface area contributed by atoms with Gasteiger partial charge < -0.3 is 14.2 Å². The molecular formula is C19H23NO6S. The molecule has 0 aliphatic rings. The number of hydrogen-bond acceptors (Lipinski definition) is 6. The number of carbonyl (C=O) groups excluding carboxylic acids is 1. The van der Waals surface area contributed by atoms with Gasteiger partial charge in [0.15, 0.2) is 11.5 Å². The van der Waals surface area contributed by atoms with Gasteiger partial charge in [-0.3, -0.25) is 9.10 Å². The first-order valence-corrected chi connectivity index (χ1v) is 9.57. The molecule has 0 fully saturated rings. The van der Waals surface area contributed by atoms with Crippen molar-refractivity contribution in [3.8, 4) is 11.5 Å². The van der Waals surface area contributed by atoms with E-state index in [9.17, 15) is 13.2 Å². The van der Waals surface area contributed by atoms with Gasteiger partial charge in [0.2, 0.25) is 0 Å². The molecule has 2 rings (SSSR count). The maximum Gasteiger partial charge on any atom is 0.326 e. The summed E-state index contributed by atoms with van der Waals surface area (Å²) in [7, 11) is 0.0433. The van der Waals surface area contributed by atoms with Crippen molar-refractivity contribution in [1.82, 2.24) is 0 Å².